The van der Waals surface area contributed by atoms with Crippen molar-refractivity contribution in [3.63, 3.8) is 0 Å². The van der Waals surface area contributed by atoms with E-state index in [9.17, 15) is 0 Å². The van der Waals surface area contributed by atoms with Gasteiger partial charge in [0.15, 0.2) is 0 Å². The van der Waals surface area contributed by atoms with E-state index >= 15 is 0 Å². The SMILES string of the molecule is [CH2]c1ccccc1Nc1ccccc1Cc1c[nH]nn1. The lowest BCUT2D eigenvalue weighted by molar-refractivity contribution is 0.915. The number of aromatic nitrogens is 3. The van der Waals surface area contributed by atoms with Crippen molar-refractivity contribution in [1.29, 1.82) is 0 Å². The molecule has 1 heterocycles. The topological polar surface area (TPSA) is 53.6 Å². The molecule has 1 aromatic heterocycles. The molecule has 0 aliphatic heterocycles. The molecular formula is C16H15N4. The predicted octanol–water partition coefficient (Wildman–Crippen LogP) is 3.32. The maximum atomic E-state index is 4.03. The van der Waals surface area contributed by atoms with Crippen LogP contribution in [-0.2, 0) is 6.42 Å². The van der Waals surface area contributed by atoms with Gasteiger partial charge in [0.25, 0.3) is 0 Å². The highest BCUT2D eigenvalue weighted by Gasteiger charge is 2.06. The van der Waals surface area contributed by atoms with Crippen LogP contribution in [0, 0.1) is 6.92 Å². The number of hydrogen-bond acceptors (Lipinski definition) is 3. The number of anilines is 2. The van der Waals surface area contributed by atoms with E-state index in [2.05, 4.69) is 39.8 Å². The van der Waals surface area contributed by atoms with E-state index in [1.807, 2.05) is 42.6 Å². The molecule has 3 rings (SSSR count). The Morgan fingerprint density at radius 1 is 1.00 bits per heavy atom. The minimum atomic E-state index is 0.735. The van der Waals surface area contributed by atoms with Gasteiger partial charge in [-0.3, -0.25) is 5.10 Å². The Hall–Kier alpha value is -2.62. The van der Waals surface area contributed by atoms with Crippen LogP contribution in [0.2, 0.25) is 0 Å². The normalized spacial score (nSPS) is 10.4. The Bertz CT molecular complexity index is 689. The zero-order valence-corrected chi connectivity index (χ0v) is 11.0. The van der Waals surface area contributed by atoms with Crippen molar-refractivity contribution >= 4 is 11.4 Å². The van der Waals surface area contributed by atoms with Crippen molar-refractivity contribution in [3.05, 3.63) is 78.5 Å². The number of H-pyrrole nitrogens is 1. The molecule has 0 saturated heterocycles. The van der Waals surface area contributed by atoms with E-state index in [0.29, 0.717) is 0 Å². The first kappa shape index (κ1) is 12.4. The number of rotatable bonds is 4. The fourth-order valence-electron chi connectivity index (χ4n) is 2.09. The Labute approximate surface area is 117 Å². The summed E-state index contributed by atoms with van der Waals surface area (Å²) >= 11 is 0. The molecule has 0 unspecified atom stereocenters. The Morgan fingerprint density at radius 2 is 1.75 bits per heavy atom. The fraction of sp³-hybridized carbons (Fsp3) is 0.0625. The second kappa shape index (κ2) is 5.57. The molecule has 0 atom stereocenters. The molecule has 4 heteroatoms. The monoisotopic (exact) mass is 263 g/mol. The minimum absolute atomic E-state index is 0.735. The first-order valence-corrected chi connectivity index (χ1v) is 6.44. The lowest BCUT2D eigenvalue weighted by atomic mass is 10.1. The van der Waals surface area contributed by atoms with Crippen LogP contribution in [-0.4, -0.2) is 15.4 Å². The van der Waals surface area contributed by atoms with Crippen molar-refractivity contribution in [2.24, 2.45) is 0 Å². The van der Waals surface area contributed by atoms with E-state index in [-0.39, 0.29) is 0 Å². The molecule has 0 amide bonds. The van der Waals surface area contributed by atoms with Crippen molar-refractivity contribution < 1.29 is 0 Å². The van der Waals surface area contributed by atoms with E-state index in [1.165, 1.54) is 5.56 Å². The summed E-state index contributed by atoms with van der Waals surface area (Å²) in [5, 5.41) is 13.9. The fourth-order valence-corrected chi connectivity index (χ4v) is 2.09. The molecule has 0 fully saturated rings. The molecule has 20 heavy (non-hydrogen) atoms. The second-order valence-corrected chi connectivity index (χ2v) is 4.58. The van der Waals surface area contributed by atoms with Crippen molar-refractivity contribution in [2.75, 3.05) is 5.32 Å². The molecule has 4 nitrogen and oxygen atoms in total. The van der Waals surface area contributed by atoms with E-state index in [0.717, 1.165) is 29.1 Å². The Kier molecular flexibility index (Phi) is 3.46. The average Bonchev–Trinajstić information content (AvgIpc) is 2.96. The van der Waals surface area contributed by atoms with Crippen molar-refractivity contribution in [1.82, 2.24) is 15.4 Å². The maximum Gasteiger partial charge on any atom is 0.0868 e. The highest BCUT2D eigenvalue weighted by Crippen LogP contribution is 2.24. The Morgan fingerprint density at radius 3 is 2.50 bits per heavy atom. The third kappa shape index (κ3) is 2.69. The smallest absolute Gasteiger partial charge is 0.0868 e. The largest absolute Gasteiger partial charge is 0.355 e. The molecule has 2 aromatic carbocycles. The number of aromatic amines is 1. The molecule has 0 aliphatic rings. The van der Waals surface area contributed by atoms with Gasteiger partial charge in [-0.1, -0.05) is 41.6 Å². The van der Waals surface area contributed by atoms with Gasteiger partial charge in [0.1, 0.15) is 0 Å². The van der Waals surface area contributed by atoms with Crippen LogP contribution in [0.25, 0.3) is 0 Å². The Balaban J connectivity index is 1.88. The van der Waals surface area contributed by atoms with Gasteiger partial charge < -0.3 is 5.32 Å². The van der Waals surface area contributed by atoms with Crippen molar-refractivity contribution in [2.45, 2.75) is 6.42 Å². The molecule has 3 aromatic rings. The summed E-state index contributed by atoms with van der Waals surface area (Å²) < 4.78 is 0. The van der Waals surface area contributed by atoms with E-state index in [4.69, 9.17) is 0 Å². The average molecular weight is 263 g/mol. The van der Waals surface area contributed by atoms with Gasteiger partial charge >= 0.3 is 0 Å². The highest BCUT2D eigenvalue weighted by molar-refractivity contribution is 5.66. The number of hydrogen-bond donors (Lipinski definition) is 2. The van der Waals surface area contributed by atoms with Crippen LogP contribution in [0.15, 0.2) is 54.7 Å². The van der Waals surface area contributed by atoms with Crippen LogP contribution in [0.3, 0.4) is 0 Å². The van der Waals surface area contributed by atoms with Gasteiger partial charge in [-0.2, -0.15) is 0 Å². The van der Waals surface area contributed by atoms with E-state index < -0.39 is 0 Å². The zero-order chi connectivity index (χ0) is 13.8. The summed E-state index contributed by atoms with van der Waals surface area (Å²) in [6.07, 6.45) is 2.55. The summed E-state index contributed by atoms with van der Waals surface area (Å²) in [4.78, 5) is 0. The first-order chi connectivity index (χ1) is 9.83. The minimum Gasteiger partial charge on any atom is -0.355 e. The molecule has 99 valence electrons. The van der Waals surface area contributed by atoms with Gasteiger partial charge in [0.05, 0.1) is 5.69 Å². The highest BCUT2D eigenvalue weighted by atomic mass is 15.3. The summed E-state index contributed by atoms with van der Waals surface area (Å²) in [6.45, 7) is 4.03. The molecule has 0 aliphatic carbocycles. The number of para-hydroxylation sites is 2. The lowest BCUT2D eigenvalue weighted by Gasteiger charge is -2.13. The van der Waals surface area contributed by atoms with Crippen LogP contribution < -0.4 is 5.32 Å². The lowest BCUT2D eigenvalue weighted by Crippen LogP contribution is -1.98. The van der Waals surface area contributed by atoms with Crippen molar-refractivity contribution in [3.8, 4) is 0 Å². The molecule has 0 spiro atoms. The van der Waals surface area contributed by atoms with Crippen LogP contribution in [0.4, 0.5) is 11.4 Å². The molecule has 2 N–H and O–H groups in total. The van der Waals surface area contributed by atoms with Crippen LogP contribution >= 0.6 is 0 Å². The molecule has 1 radical (unpaired) electrons. The van der Waals surface area contributed by atoms with Gasteiger partial charge in [0, 0.05) is 24.0 Å². The molecular weight excluding hydrogens is 248 g/mol. The number of nitrogens with one attached hydrogen (secondary N) is 2. The molecule has 0 saturated carbocycles. The van der Waals surface area contributed by atoms with Gasteiger partial charge in [-0.15, -0.1) is 5.10 Å². The van der Waals surface area contributed by atoms with Crippen LogP contribution in [0.5, 0.6) is 0 Å². The van der Waals surface area contributed by atoms with Crippen LogP contribution in [0.1, 0.15) is 16.8 Å². The van der Waals surface area contributed by atoms with E-state index in [1.54, 1.807) is 0 Å². The number of nitrogens with zero attached hydrogens (tertiary/aromatic N) is 2. The standard InChI is InChI=1S/C16H15N4/c1-12-6-2-4-8-15(12)18-16-9-5-3-7-13(16)10-14-11-17-20-19-14/h2-9,11,18H,1,10H2,(H,17,19,20). The summed E-state index contributed by atoms with van der Waals surface area (Å²) in [7, 11) is 0. The maximum absolute atomic E-state index is 4.03. The summed E-state index contributed by atoms with van der Waals surface area (Å²) in [5.74, 6) is 0. The number of benzene rings is 2. The third-order valence-corrected chi connectivity index (χ3v) is 3.14. The molecule has 0 bridgehead atoms. The quantitative estimate of drug-likeness (QED) is 0.759. The summed E-state index contributed by atoms with van der Waals surface area (Å²) in [6, 6.07) is 16.2. The third-order valence-electron chi connectivity index (χ3n) is 3.14. The van der Waals surface area contributed by atoms with Gasteiger partial charge in [-0.25, -0.2) is 0 Å². The second-order valence-electron chi connectivity index (χ2n) is 4.58. The predicted molar refractivity (Wildman–Crippen MR) is 79.8 cm³/mol. The first-order valence-electron chi connectivity index (χ1n) is 6.44. The van der Waals surface area contributed by atoms with Gasteiger partial charge in [0.2, 0.25) is 0 Å². The summed E-state index contributed by atoms with van der Waals surface area (Å²) in [5.41, 5.74) is 5.14. The van der Waals surface area contributed by atoms with Gasteiger partial charge in [-0.05, 0) is 30.2 Å². The zero-order valence-electron chi connectivity index (χ0n) is 11.0.